The topological polar surface area (TPSA) is 20.3 Å². The molecule has 0 bridgehead atoms. The molecule has 0 amide bonds. The van der Waals surface area contributed by atoms with Crippen molar-refractivity contribution in [1.29, 1.82) is 0 Å². The molecule has 1 saturated heterocycles. The van der Waals surface area contributed by atoms with Crippen molar-refractivity contribution in [3.63, 3.8) is 0 Å². The smallest absolute Gasteiger partial charge is 0.134 e. The van der Waals surface area contributed by atoms with Crippen molar-refractivity contribution < 1.29 is 4.79 Å². The molecule has 0 spiro atoms. The van der Waals surface area contributed by atoms with E-state index in [1.165, 1.54) is 25.8 Å². The predicted molar refractivity (Wildman–Crippen MR) is 61.8 cm³/mol. The van der Waals surface area contributed by atoms with Gasteiger partial charge in [-0.25, -0.2) is 0 Å². The molecule has 0 N–H and O–H groups in total. The van der Waals surface area contributed by atoms with E-state index in [1.54, 1.807) is 0 Å². The van der Waals surface area contributed by atoms with Crippen LogP contribution >= 0.6 is 0 Å². The number of carbonyl (C=O) groups is 1. The van der Waals surface area contributed by atoms with Crippen molar-refractivity contribution >= 4 is 5.78 Å². The molecule has 1 aliphatic carbocycles. The largest absolute Gasteiger partial charge is 0.300 e. The Morgan fingerprint density at radius 2 is 2.13 bits per heavy atom. The predicted octanol–water partition coefficient (Wildman–Crippen LogP) is 2.62. The van der Waals surface area contributed by atoms with Crippen LogP contribution in [-0.4, -0.2) is 29.3 Å². The maximum Gasteiger partial charge on any atom is 0.134 e. The molecule has 2 rings (SSSR count). The number of carbonyl (C=O) groups excluding carboxylic acids is 1. The van der Waals surface area contributed by atoms with Crippen molar-refractivity contribution in [2.24, 2.45) is 5.92 Å². The molecule has 15 heavy (non-hydrogen) atoms. The average Bonchev–Trinajstić information content (AvgIpc) is 2.65. The second kappa shape index (κ2) is 4.65. The first-order valence-electron chi connectivity index (χ1n) is 6.48. The molecule has 1 aliphatic heterocycles. The average molecular weight is 209 g/mol. The molecular formula is C13H23NO. The van der Waals surface area contributed by atoms with Gasteiger partial charge in [-0.15, -0.1) is 0 Å². The van der Waals surface area contributed by atoms with Gasteiger partial charge in [0.2, 0.25) is 0 Å². The van der Waals surface area contributed by atoms with Crippen LogP contribution in [0, 0.1) is 5.92 Å². The fraction of sp³-hybridized carbons (Fsp3) is 0.923. The van der Waals surface area contributed by atoms with Gasteiger partial charge < -0.3 is 0 Å². The van der Waals surface area contributed by atoms with Crippen molar-refractivity contribution in [1.82, 2.24) is 4.90 Å². The minimum absolute atomic E-state index is 0.478. The van der Waals surface area contributed by atoms with Gasteiger partial charge in [-0.2, -0.15) is 0 Å². The number of Topliss-reactive ketones (excluding diaryl/α,β-unsaturated/α-hetero) is 1. The Kier molecular flexibility index (Phi) is 3.45. The van der Waals surface area contributed by atoms with Gasteiger partial charge in [0.25, 0.3) is 0 Å². The first-order valence-corrected chi connectivity index (χ1v) is 6.48. The SMILES string of the molecule is CC[C@@H]1CC[C@H](C)N(C2CCC(=O)C2)C1. The van der Waals surface area contributed by atoms with E-state index in [4.69, 9.17) is 0 Å². The Balaban J connectivity index is 1.96. The molecule has 2 fully saturated rings. The summed E-state index contributed by atoms with van der Waals surface area (Å²) in [5.41, 5.74) is 0. The van der Waals surface area contributed by atoms with E-state index >= 15 is 0 Å². The summed E-state index contributed by atoms with van der Waals surface area (Å²) in [7, 11) is 0. The van der Waals surface area contributed by atoms with Crippen LogP contribution in [0.1, 0.15) is 52.4 Å². The van der Waals surface area contributed by atoms with E-state index in [-0.39, 0.29) is 0 Å². The highest BCUT2D eigenvalue weighted by atomic mass is 16.1. The summed E-state index contributed by atoms with van der Waals surface area (Å²) in [6, 6.07) is 1.27. The Bertz CT molecular complexity index is 239. The third kappa shape index (κ3) is 2.41. The van der Waals surface area contributed by atoms with Crippen LogP contribution in [0.4, 0.5) is 0 Å². The lowest BCUT2D eigenvalue weighted by molar-refractivity contribution is -0.117. The fourth-order valence-corrected chi connectivity index (χ4v) is 3.13. The lowest BCUT2D eigenvalue weighted by Crippen LogP contribution is -2.46. The Morgan fingerprint density at radius 3 is 2.73 bits per heavy atom. The molecule has 1 saturated carbocycles. The zero-order chi connectivity index (χ0) is 10.8. The van der Waals surface area contributed by atoms with E-state index in [2.05, 4.69) is 18.7 Å². The maximum atomic E-state index is 11.3. The third-order valence-corrected chi connectivity index (χ3v) is 4.29. The molecule has 2 nitrogen and oxygen atoms in total. The number of hydrogen-bond acceptors (Lipinski definition) is 2. The van der Waals surface area contributed by atoms with Gasteiger partial charge in [0, 0.05) is 31.5 Å². The van der Waals surface area contributed by atoms with Crippen molar-refractivity contribution in [2.45, 2.75) is 64.5 Å². The zero-order valence-electron chi connectivity index (χ0n) is 10.0. The lowest BCUT2D eigenvalue weighted by Gasteiger charge is -2.41. The summed E-state index contributed by atoms with van der Waals surface area (Å²) >= 11 is 0. The summed E-state index contributed by atoms with van der Waals surface area (Å²) in [5, 5.41) is 0. The van der Waals surface area contributed by atoms with E-state index in [0.717, 1.165) is 25.2 Å². The molecular weight excluding hydrogens is 186 g/mol. The quantitative estimate of drug-likeness (QED) is 0.697. The van der Waals surface area contributed by atoms with Crippen LogP contribution in [-0.2, 0) is 4.79 Å². The van der Waals surface area contributed by atoms with Crippen molar-refractivity contribution in [2.75, 3.05) is 6.54 Å². The van der Waals surface area contributed by atoms with Crippen LogP contribution in [0.5, 0.6) is 0 Å². The minimum Gasteiger partial charge on any atom is -0.300 e. The molecule has 0 radical (unpaired) electrons. The van der Waals surface area contributed by atoms with Gasteiger partial charge >= 0.3 is 0 Å². The van der Waals surface area contributed by atoms with Crippen molar-refractivity contribution in [3.05, 3.63) is 0 Å². The molecule has 2 heteroatoms. The summed E-state index contributed by atoms with van der Waals surface area (Å²) < 4.78 is 0. The highest BCUT2D eigenvalue weighted by molar-refractivity contribution is 5.81. The maximum absolute atomic E-state index is 11.3. The molecule has 1 unspecified atom stereocenters. The van der Waals surface area contributed by atoms with Gasteiger partial charge in [-0.3, -0.25) is 9.69 Å². The number of hydrogen-bond donors (Lipinski definition) is 0. The number of ketones is 1. The monoisotopic (exact) mass is 209 g/mol. The fourth-order valence-electron chi connectivity index (χ4n) is 3.13. The van der Waals surface area contributed by atoms with Crippen LogP contribution < -0.4 is 0 Å². The van der Waals surface area contributed by atoms with Crippen LogP contribution in [0.25, 0.3) is 0 Å². The standard InChI is InChI=1S/C13H23NO/c1-3-11-5-4-10(2)14(9-11)12-6-7-13(15)8-12/h10-12H,3-9H2,1-2H3/t10-,11+,12?/m0/s1. The minimum atomic E-state index is 0.478. The zero-order valence-corrected chi connectivity index (χ0v) is 10.0. The summed E-state index contributed by atoms with van der Waals surface area (Å²) in [5.74, 6) is 1.35. The highest BCUT2D eigenvalue weighted by Gasteiger charge is 2.33. The second-order valence-corrected chi connectivity index (χ2v) is 5.33. The van der Waals surface area contributed by atoms with E-state index in [1.807, 2.05) is 0 Å². The van der Waals surface area contributed by atoms with Gasteiger partial charge in [0.15, 0.2) is 0 Å². The number of likely N-dealkylation sites (tertiary alicyclic amines) is 1. The number of rotatable bonds is 2. The van der Waals surface area contributed by atoms with E-state index in [0.29, 0.717) is 17.9 Å². The van der Waals surface area contributed by atoms with E-state index < -0.39 is 0 Å². The number of nitrogens with zero attached hydrogens (tertiary/aromatic N) is 1. The van der Waals surface area contributed by atoms with Crippen LogP contribution in [0.15, 0.2) is 0 Å². The summed E-state index contributed by atoms with van der Waals surface area (Å²) in [4.78, 5) is 13.9. The molecule has 3 atom stereocenters. The number of piperidine rings is 1. The molecule has 1 heterocycles. The third-order valence-electron chi connectivity index (χ3n) is 4.29. The highest BCUT2D eigenvalue weighted by Crippen LogP contribution is 2.30. The first kappa shape index (κ1) is 11.1. The van der Waals surface area contributed by atoms with Gasteiger partial charge in [-0.05, 0) is 32.1 Å². The molecule has 0 aromatic carbocycles. The van der Waals surface area contributed by atoms with Crippen molar-refractivity contribution in [3.8, 4) is 0 Å². The van der Waals surface area contributed by atoms with Crippen LogP contribution in [0.3, 0.4) is 0 Å². The lowest BCUT2D eigenvalue weighted by atomic mass is 9.90. The molecule has 2 aliphatic rings. The van der Waals surface area contributed by atoms with Gasteiger partial charge in [-0.1, -0.05) is 13.3 Å². The second-order valence-electron chi connectivity index (χ2n) is 5.33. The van der Waals surface area contributed by atoms with Gasteiger partial charge in [0.05, 0.1) is 0 Å². The molecule has 0 aromatic rings. The van der Waals surface area contributed by atoms with Crippen LogP contribution in [0.2, 0.25) is 0 Å². The Hall–Kier alpha value is -0.370. The molecule has 86 valence electrons. The summed E-state index contributed by atoms with van der Waals surface area (Å²) in [6.45, 7) is 5.85. The first-order chi connectivity index (χ1) is 7.20. The molecule has 0 aromatic heterocycles. The Morgan fingerprint density at radius 1 is 1.33 bits per heavy atom. The summed E-state index contributed by atoms with van der Waals surface area (Å²) in [6.07, 6.45) is 6.76. The normalized spacial score (nSPS) is 38.5. The Labute approximate surface area is 93.0 Å². The van der Waals surface area contributed by atoms with E-state index in [9.17, 15) is 4.79 Å². The van der Waals surface area contributed by atoms with Gasteiger partial charge in [0.1, 0.15) is 5.78 Å².